The fourth-order valence-electron chi connectivity index (χ4n) is 2.73. The number of amides is 1. The molecule has 2 aromatic carbocycles. The van der Waals surface area contributed by atoms with Crippen molar-refractivity contribution in [1.82, 2.24) is 15.5 Å². The van der Waals surface area contributed by atoms with Gasteiger partial charge in [-0.2, -0.15) is 0 Å². The molecular formula is C24H21N3O4S. The molecule has 0 aliphatic rings. The molecule has 0 unspecified atom stereocenters. The minimum absolute atomic E-state index is 0.0891. The summed E-state index contributed by atoms with van der Waals surface area (Å²) in [6.07, 6.45) is 0. The lowest BCUT2D eigenvalue weighted by Crippen LogP contribution is -2.32. The van der Waals surface area contributed by atoms with Crippen LogP contribution in [0.25, 0.3) is 10.6 Å². The molecule has 0 aliphatic carbocycles. The van der Waals surface area contributed by atoms with Gasteiger partial charge in [-0.25, -0.2) is 0 Å². The number of nitrogens with zero attached hydrogens (tertiary/aromatic N) is 2. The highest BCUT2D eigenvalue weighted by Crippen LogP contribution is 2.24. The van der Waals surface area contributed by atoms with Gasteiger partial charge in [-0.3, -0.25) is 4.79 Å². The average molecular weight is 448 g/mol. The third-order valence-electron chi connectivity index (χ3n) is 4.26. The Balaban J connectivity index is 1.13. The number of carbonyl (C=O) groups excluding carboxylic acids is 1. The average Bonchev–Trinajstić information content (AvgIpc) is 3.38. The summed E-state index contributed by atoms with van der Waals surface area (Å²) in [7, 11) is 0. The van der Waals surface area contributed by atoms with Crippen molar-refractivity contribution in [2.24, 2.45) is 0 Å². The largest absolute Gasteiger partial charge is 0.484 e. The number of hydrogen-bond acceptors (Lipinski definition) is 7. The van der Waals surface area contributed by atoms with Crippen molar-refractivity contribution in [3.05, 3.63) is 84.2 Å². The molecule has 162 valence electrons. The van der Waals surface area contributed by atoms with E-state index in [0.717, 1.165) is 16.3 Å². The number of carbonyl (C=O) groups is 1. The Hall–Kier alpha value is -3.91. The van der Waals surface area contributed by atoms with Crippen molar-refractivity contribution in [2.45, 2.75) is 0 Å². The number of para-hydroxylation sites is 1. The Morgan fingerprint density at radius 3 is 2.31 bits per heavy atom. The summed E-state index contributed by atoms with van der Waals surface area (Å²) >= 11 is 1.60. The summed E-state index contributed by atoms with van der Waals surface area (Å²) in [6.45, 7) is 0.527. The summed E-state index contributed by atoms with van der Waals surface area (Å²) < 4.78 is 16.7. The number of rotatable bonds is 10. The van der Waals surface area contributed by atoms with Crippen molar-refractivity contribution >= 4 is 17.2 Å². The van der Waals surface area contributed by atoms with E-state index < -0.39 is 0 Å². The highest BCUT2D eigenvalue weighted by molar-refractivity contribution is 7.13. The number of benzene rings is 2. The Kier molecular flexibility index (Phi) is 7.28. The Morgan fingerprint density at radius 1 is 0.812 bits per heavy atom. The van der Waals surface area contributed by atoms with Crippen LogP contribution in [0.1, 0.15) is 0 Å². The number of nitrogens with one attached hydrogen (secondary N) is 1. The molecule has 0 radical (unpaired) electrons. The van der Waals surface area contributed by atoms with E-state index in [1.165, 1.54) is 0 Å². The molecule has 1 N–H and O–H groups in total. The lowest BCUT2D eigenvalue weighted by Gasteiger charge is -2.09. The van der Waals surface area contributed by atoms with Crippen molar-refractivity contribution in [3.8, 4) is 33.7 Å². The smallest absolute Gasteiger partial charge is 0.258 e. The van der Waals surface area contributed by atoms with Crippen LogP contribution in [0.5, 0.6) is 23.1 Å². The van der Waals surface area contributed by atoms with E-state index in [9.17, 15) is 4.79 Å². The van der Waals surface area contributed by atoms with Gasteiger partial charge >= 0.3 is 0 Å². The molecule has 7 nitrogen and oxygen atoms in total. The molecule has 0 spiro atoms. The maximum absolute atomic E-state index is 12.0. The first-order valence-corrected chi connectivity index (χ1v) is 10.9. The molecule has 1 amide bonds. The van der Waals surface area contributed by atoms with E-state index in [2.05, 4.69) is 15.5 Å². The van der Waals surface area contributed by atoms with Gasteiger partial charge in [0.1, 0.15) is 29.5 Å². The topological polar surface area (TPSA) is 82.6 Å². The molecule has 0 atom stereocenters. The van der Waals surface area contributed by atoms with Crippen LogP contribution >= 0.6 is 11.3 Å². The molecule has 2 heterocycles. The third kappa shape index (κ3) is 6.29. The summed E-state index contributed by atoms with van der Waals surface area (Å²) in [6, 6.07) is 24.2. The zero-order chi connectivity index (χ0) is 22.0. The fraction of sp³-hybridized carbons (Fsp3) is 0.125. The van der Waals surface area contributed by atoms with Gasteiger partial charge in [-0.05, 0) is 53.9 Å². The van der Waals surface area contributed by atoms with Crippen LogP contribution in [0, 0.1) is 0 Å². The highest BCUT2D eigenvalue weighted by Gasteiger charge is 2.05. The number of aromatic nitrogens is 2. The van der Waals surface area contributed by atoms with Gasteiger partial charge in [-0.1, -0.05) is 24.3 Å². The molecular weight excluding hydrogens is 426 g/mol. The van der Waals surface area contributed by atoms with Gasteiger partial charge in [0.15, 0.2) is 6.61 Å². The van der Waals surface area contributed by atoms with E-state index in [1.54, 1.807) is 41.7 Å². The quantitative estimate of drug-likeness (QED) is 0.359. The third-order valence-corrected chi connectivity index (χ3v) is 5.15. The molecule has 0 bridgehead atoms. The maximum Gasteiger partial charge on any atom is 0.258 e. The zero-order valence-electron chi connectivity index (χ0n) is 17.1. The summed E-state index contributed by atoms with van der Waals surface area (Å²) in [5.41, 5.74) is 0.803. The lowest BCUT2D eigenvalue weighted by molar-refractivity contribution is -0.123. The van der Waals surface area contributed by atoms with Gasteiger partial charge < -0.3 is 19.5 Å². The van der Waals surface area contributed by atoms with Gasteiger partial charge in [0, 0.05) is 6.07 Å². The van der Waals surface area contributed by atoms with Crippen LogP contribution in [0.3, 0.4) is 0 Å². The molecule has 0 fully saturated rings. The SMILES string of the molecule is O=C(COc1ccc(Oc2ccccc2)cc1)NCCOc1ccc(-c2cccs2)nn1. The van der Waals surface area contributed by atoms with Crippen molar-refractivity contribution < 1.29 is 19.0 Å². The second-order valence-corrected chi connectivity index (χ2v) is 7.56. The number of ether oxygens (including phenoxy) is 3. The first-order valence-electron chi connectivity index (χ1n) is 9.99. The minimum Gasteiger partial charge on any atom is -0.484 e. The van der Waals surface area contributed by atoms with Gasteiger partial charge in [-0.15, -0.1) is 21.5 Å². The molecule has 4 aromatic rings. The second kappa shape index (κ2) is 10.9. The fourth-order valence-corrected chi connectivity index (χ4v) is 3.42. The standard InChI is InChI=1S/C24H21N3O4S/c28-23(17-30-18-8-10-20(11-9-18)31-19-5-2-1-3-6-19)25-14-15-29-24-13-12-21(26-27-24)22-7-4-16-32-22/h1-13,16H,14-15,17H2,(H,25,28). The van der Waals surface area contributed by atoms with Crippen LogP contribution in [0.4, 0.5) is 0 Å². The first kappa shape index (κ1) is 21.3. The minimum atomic E-state index is -0.239. The van der Waals surface area contributed by atoms with Gasteiger partial charge in [0.2, 0.25) is 5.88 Å². The van der Waals surface area contributed by atoms with Crippen LogP contribution in [-0.2, 0) is 4.79 Å². The summed E-state index contributed by atoms with van der Waals surface area (Å²) in [5, 5.41) is 12.9. The van der Waals surface area contributed by atoms with E-state index in [4.69, 9.17) is 14.2 Å². The van der Waals surface area contributed by atoms with Crippen LogP contribution in [0.2, 0.25) is 0 Å². The van der Waals surface area contributed by atoms with Crippen LogP contribution in [-0.4, -0.2) is 35.9 Å². The Morgan fingerprint density at radius 2 is 1.59 bits per heavy atom. The van der Waals surface area contributed by atoms with Gasteiger partial charge in [0.05, 0.1) is 11.4 Å². The predicted octanol–water partition coefficient (Wildman–Crippen LogP) is 4.57. The van der Waals surface area contributed by atoms with E-state index in [1.807, 2.05) is 53.9 Å². The molecule has 4 rings (SSSR count). The molecule has 0 saturated carbocycles. The summed E-state index contributed by atoms with van der Waals surface area (Å²) in [4.78, 5) is 13.0. The van der Waals surface area contributed by atoms with Crippen molar-refractivity contribution in [1.29, 1.82) is 0 Å². The lowest BCUT2D eigenvalue weighted by atomic mass is 10.3. The molecule has 0 aliphatic heterocycles. The number of thiophene rings is 1. The molecule has 0 saturated heterocycles. The van der Waals surface area contributed by atoms with E-state index >= 15 is 0 Å². The van der Waals surface area contributed by atoms with Crippen LogP contribution in [0.15, 0.2) is 84.2 Å². The number of hydrogen-bond donors (Lipinski definition) is 1. The Labute approximate surface area is 189 Å². The second-order valence-electron chi connectivity index (χ2n) is 6.61. The van der Waals surface area contributed by atoms with E-state index in [-0.39, 0.29) is 19.1 Å². The first-order chi connectivity index (χ1) is 15.8. The normalized spacial score (nSPS) is 10.4. The molecule has 32 heavy (non-hydrogen) atoms. The van der Waals surface area contributed by atoms with Crippen molar-refractivity contribution in [2.75, 3.05) is 19.8 Å². The van der Waals surface area contributed by atoms with Crippen molar-refractivity contribution in [3.63, 3.8) is 0 Å². The Bertz CT molecular complexity index is 1100. The van der Waals surface area contributed by atoms with Gasteiger partial charge in [0.25, 0.3) is 5.91 Å². The van der Waals surface area contributed by atoms with Crippen LogP contribution < -0.4 is 19.5 Å². The predicted molar refractivity (Wildman–Crippen MR) is 122 cm³/mol. The molecule has 2 aromatic heterocycles. The molecule has 8 heteroatoms. The maximum atomic E-state index is 12.0. The zero-order valence-corrected chi connectivity index (χ0v) is 18.0. The summed E-state index contributed by atoms with van der Waals surface area (Å²) in [5.74, 6) is 2.20. The van der Waals surface area contributed by atoms with E-state index in [0.29, 0.717) is 23.9 Å². The highest BCUT2D eigenvalue weighted by atomic mass is 32.1. The monoisotopic (exact) mass is 447 g/mol.